The van der Waals surface area contributed by atoms with E-state index in [0.717, 1.165) is 50.5 Å². The number of halogens is 1. The van der Waals surface area contributed by atoms with Crippen molar-refractivity contribution in [3.8, 4) is 0 Å². The Balaban J connectivity index is 1.74. The standard InChI is InChI=1S/C17H20FN3O/c18-13-6-4-12(5-7-13)16(8-1-2-9-16)15-20-14(21-22-15)17(19)10-3-11-17/h4-7H,1-3,8-11,19H2. The molecule has 4 rings (SSSR count). The molecule has 1 aromatic heterocycles. The highest BCUT2D eigenvalue weighted by Gasteiger charge is 2.45. The molecule has 0 radical (unpaired) electrons. The quantitative estimate of drug-likeness (QED) is 0.943. The van der Waals surface area contributed by atoms with Crippen LogP contribution in [0.4, 0.5) is 4.39 Å². The van der Waals surface area contributed by atoms with Gasteiger partial charge in [0, 0.05) is 0 Å². The van der Waals surface area contributed by atoms with Gasteiger partial charge in [-0.05, 0) is 49.8 Å². The molecule has 0 amide bonds. The number of hydrogen-bond donors (Lipinski definition) is 1. The van der Waals surface area contributed by atoms with E-state index in [1.807, 2.05) is 12.1 Å². The van der Waals surface area contributed by atoms with Crippen LogP contribution in [-0.2, 0) is 11.0 Å². The maximum Gasteiger partial charge on any atom is 0.237 e. The predicted molar refractivity (Wildman–Crippen MR) is 79.7 cm³/mol. The van der Waals surface area contributed by atoms with Crippen LogP contribution in [0.2, 0.25) is 0 Å². The highest BCUT2D eigenvalue weighted by molar-refractivity contribution is 5.34. The highest BCUT2D eigenvalue weighted by atomic mass is 19.1. The fourth-order valence-corrected chi connectivity index (χ4v) is 3.77. The Labute approximate surface area is 128 Å². The molecule has 5 heteroatoms. The number of aromatic nitrogens is 2. The van der Waals surface area contributed by atoms with Crippen LogP contribution >= 0.6 is 0 Å². The number of benzene rings is 1. The molecule has 22 heavy (non-hydrogen) atoms. The third kappa shape index (κ3) is 1.99. The van der Waals surface area contributed by atoms with Gasteiger partial charge in [-0.3, -0.25) is 0 Å². The summed E-state index contributed by atoms with van der Waals surface area (Å²) in [5, 5.41) is 4.16. The first-order valence-electron chi connectivity index (χ1n) is 8.02. The monoisotopic (exact) mass is 301 g/mol. The summed E-state index contributed by atoms with van der Waals surface area (Å²) in [7, 11) is 0. The first-order chi connectivity index (χ1) is 10.6. The van der Waals surface area contributed by atoms with Crippen molar-refractivity contribution in [2.75, 3.05) is 0 Å². The molecule has 0 saturated heterocycles. The van der Waals surface area contributed by atoms with Gasteiger partial charge in [0.05, 0.1) is 11.0 Å². The van der Waals surface area contributed by atoms with E-state index in [9.17, 15) is 4.39 Å². The van der Waals surface area contributed by atoms with Gasteiger partial charge in [0.1, 0.15) is 5.82 Å². The lowest BCUT2D eigenvalue weighted by Crippen LogP contribution is -2.44. The third-order valence-corrected chi connectivity index (χ3v) is 5.38. The Bertz CT molecular complexity index is 669. The largest absolute Gasteiger partial charge is 0.338 e. The summed E-state index contributed by atoms with van der Waals surface area (Å²) in [5.41, 5.74) is 6.67. The summed E-state index contributed by atoms with van der Waals surface area (Å²) < 4.78 is 18.9. The minimum atomic E-state index is -0.412. The molecule has 2 fully saturated rings. The molecule has 2 saturated carbocycles. The Hall–Kier alpha value is -1.75. The van der Waals surface area contributed by atoms with Gasteiger partial charge in [-0.25, -0.2) is 4.39 Å². The predicted octanol–water partition coefficient (Wildman–Crippen LogP) is 3.41. The molecular weight excluding hydrogens is 281 g/mol. The molecule has 1 aromatic carbocycles. The molecule has 2 aromatic rings. The van der Waals surface area contributed by atoms with E-state index in [-0.39, 0.29) is 11.2 Å². The van der Waals surface area contributed by atoms with Gasteiger partial charge in [-0.1, -0.05) is 30.1 Å². The van der Waals surface area contributed by atoms with Gasteiger partial charge >= 0.3 is 0 Å². The van der Waals surface area contributed by atoms with E-state index in [4.69, 9.17) is 10.3 Å². The van der Waals surface area contributed by atoms with E-state index in [1.165, 1.54) is 12.1 Å². The highest BCUT2D eigenvalue weighted by Crippen LogP contribution is 2.46. The lowest BCUT2D eigenvalue weighted by atomic mass is 9.76. The van der Waals surface area contributed by atoms with Crippen molar-refractivity contribution < 1.29 is 8.91 Å². The van der Waals surface area contributed by atoms with Crippen molar-refractivity contribution >= 4 is 0 Å². The van der Waals surface area contributed by atoms with Crippen LogP contribution in [0, 0.1) is 5.82 Å². The van der Waals surface area contributed by atoms with Crippen LogP contribution in [-0.4, -0.2) is 10.1 Å². The molecule has 116 valence electrons. The minimum Gasteiger partial charge on any atom is -0.338 e. The normalized spacial score (nSPS) is 22.5. The first-order valence-corrected chi connectivity index (χ1v) is 8.02. The maximum atomic E-state index is 13.2. The van der Waals surface area contributed by atoms with E-state index in [2.05, 4.69) is 10.1 Å². The second kappa shape index (κ2) is 4.88. The van der Waals surface area contributed by atoms with Crippen molar-refractivity contribution in [1.82, 2.24) is 10.1 Å². The van der Waals surface area contributed by atoms with E-state index < -0.39 is 5.54 Å². The molecule has 0 aliphatic heterocycles. The molecule has 0 bridgehead atoms. The molecule has 1 heterocycles. The SMILES string of the molecule is NC1(c2noc(C3(c4ccc(F)cc4)CCCC3)n2)CCC1. The molecule has 0 unspecified atom stereocenters. The van der Waals surface area contributed by atoms with Crippen LogP contribution in [0.15, 0.2) is 28.8 Å². The number of rotatable bonds is 3. The molecule has 2 N–H and O–H groups in total. The lowest BCUT2D eigenvalue weighted by Gasteiger charge is -2.34. The second-order valence-corrected chi connectivity index (χ2v) is 6.73. The molecule has 0 spiro atoms. The Morgan fingerprint density at radius 1 is 1.00 bits per heavy atom. The van der Waals surface area contributed by atoms with Gasteiger partial charge in [-0.2, -0.15) is 4.98 Å². The number of nitrogens with two attached hydrogens (primary N) is 1. The topological polar surface area (TPSA) is 64.9 Å². The van der Waals surface area contributed by atoms with Crippen LogP contribution < -0.4 is 5.73 Å². The second-order valence-electron chi connectivity index (χ2n) is 6.73. The van der Waals surface area contributed by atoms with Crippen molar-refractivity contribution in [2.45, 2.75) is 55.9 Å². The van der Waals surface area contributed by atoms with Crippen molar-refractivity contribution in [1.29, 1.82) is 0 Å². The van der Waals surface area contributed by atoms with E-state index in [1.54, 1.807) is 0 Å². The summed E-state index contributed by atoms with van der Waals surface area (Å²) in [6, 6.07) is 6.68. The van der Waals surface area contributed by atoms with Crippen LogP contribution in [0.5, 0.6) is 0 Å². The van der Waals surface area contributed by atoms with Gasteiger partial charge in [-0.15, -0.1) is 0 Å². The zero-order valence-electron chi connectivity index (χ0n) is 12.5. The van der Waals surface area contributed by atoms with Gasteiger partial charge in [0.2, 0.25) is 5.89 Å². The van der Waals surface area contributed by atoms with Gasteiger partial charge in [0.15, 0.2) is 5.82 Å². The van der Waals surface area contributed by atoms with Crippen LogP contribution in [0.1, 0.15) is 62.2 Å². The Kier molecular flexibility index (Phi) is 3.08. The Morgan fingerprint density at radius 2 is 1.68 bits per heavy atom. The molecule has 0 atom stereocenters. The fourth-order valence-electron chi connectivity index (χ4n) is 3.77. The summed E-state index contributed by atoms with van der Waals surface area (Å²) in [4.78, 5) is 4.66. The van der Waals surface area contributed by atoms with Crippen molar-refractivity contribution in [3.63, 3.8) is 0 Å². The molecule has 4 nitrogen and oxygen atoms in total. The fraction of sp³-hybridized carbons (Fsp3) is 0.529. The maximum absolute atomic E-state index is 13.2. The zero-order valence-corrected chi connectivity index (χ0v) is 12.5. The van der Waals surface area contributed by atoms with E-state index >= 15 is 0 Å². The van der Waals surface area contributed by atoms with E-state index in [0.29, 0.717) is 11.7 Å². The van der Waals surface area contributed by atoms with Crippen LogP contribution in [0.25, 0.3) is 0 Å². The minimum absolute atomic E-state index is 0.224. The van der Waals surface area contributed by atoms with Gasteiger partial charge in [0.25, 0.3) is 0 Å². The smallest absolute Gasteiger partial charge is 0.237 e. The number of hydrogen-bond acceptors (Lipinski definition) is 4. The van der Waals surface area contributed by atoms with Gasteiger partial charge < -0.3 is 10.3 Å². The summed E-state index contributed by atoms with van der Waals surface area (Å²) in [5.74, 6) is 1.05. The molecule has 2 aliphatic carbocycles. The zero-order chi connectivity index (χ0) is 15.2. The average molecular weight is 301 g/mol. The lowest BCUT2D eigenvalue weighted by molar-refractivity contribution is 0.227. The summed E-state index contributed by atoms with van der Waals surface area (Å²) in [6.07, 6.45) is 7.08. The van der Waals surface area contributed by atoms with Crippen molar-refractivity contribution in [2.24, 2.45) is 5.73 Å². The average Bonchev–Trinajstić information content (AvgIpc) is 3.15. The summed E-state index contributed by atoms with van der Waals surface area (Å²) >= 11 is 0. The summed E-state index contributed by atoms with van der Waals surface area (Å²) in [6.45, 7) is 0. The first kappa shape index (κ1) is 13.9. The number of nitrogens with zero attached hydrogens (tertiary/aromatic N) is 2. The van der Waals surface area contributed by atoms with Crippen molar-refractivity contribution in [3.05, 3.63) is 47.4 Å². The third-order valence-electron chi connectivity index (χ3n) is 5.38. The molecule has 2 aliphatic rings. The molecular formula is C17H20FN3O. The van der Waals surface area contributed by atoms with Crippen LogP contribution in [0.3, 0.4) is 0 Å². The Morgan fingerprint density at radius 3 is 2.27 bits per heavy atom.